The number of phenolic OH excluding ortho intramolecular Hbond substituents is 2. The Kier molecular flexibility index (Phi) is 4.66. The number of rotatable bonds is 3. The van der Waals surface area contributed by atoms with Gasteiger partial charge < -0.3 is 25.8 Å². The van der Waals surface area contributed by atoms with Crippen molar-refractivity contribution in [3.8, 4) is 11.5 Å². The molecule has 0 spiro atoms. The summed E-state index contributed by atoms with van der Waals surface area (Å²) >= 11 is 0. The van der Waals surface area contributed by atoms with Gasteiger partial charge in [0.05, 0.1) is 29.9 Å². The molecule has 0 aliphatic heterocycles. The number of aliphatic hydroxyl groups is 1. The molecule has 0 heterocycles. The Bertz CT molecular complexity index is 970. The Morgan fingerprint density at radius 2 is 1.75 bits per heavy atom. The lowest BCUT2D eigenvalue weighted by molar-refractivity contribution is -0.0209. The lowest BCUT2D eigenvalue weighted by Gasteiger charge is -2.30. The standard InChI is InChI=1S/C21H21NO6/c22-14-8-11(4-5-15(14)23)28-9-10-6-13-19(17(25)7-10)21(27)18-12(20(13)26)2-1-3-16(18)24/h1-3,6-7,11,14-15,23-25H,4-5,8-9,22H2/t11-,14-,15-/m1/s1. The smallest absolute Gasteiger partial charge is 0.201 e. The topological polar surface area (TPSA) is 130 Å². The Morgan fingerprint density at radius 1 is 1.00 bits per heavy atom. The molecule has 28 heavy (non-hydrogen) atoms. The van der Waals surface area contributed by atoms with Crippen LogP contribution in [0.3, 0.4) is 0 Å². The molecule has 2 aromatic rings. The molecule has 5 N–H and O–H groups in total. The highest BCUT2D eigenvalue weighted by Crippen LogP contribution is 2.37. The monoisotopic (exact) mass is 383 g/mol. The molecule has 2 aliphatic carbocycles. The Hall–Kier alpha value is -2.74. The predicted octanol–water partition coefficient (Wildman–Crippen LogP) is 1.63. The van der Waals surface area contributed by atoms with Crippen LogP contribution in [0, 0.1) is 0 Å². The number of hydrogen-bond acceptors (Lipinski definition) is 7. The minimum atomic E-state index is -0.583. The molecule has 0 radical (unpaired) electrons. The second-order valence-electron chi connectivity index (χ2n) is 7.37. The number of phenols is 2. The fourth-order valence-corrected chi connectivity index (χ4v) is 3.94. The molecule has 0 unspecified atom stereocenters. The van der Waals surface area contributed by atoms with Crippen LogP contribution < -0.4 is 5.73 Å². The lowest BCUT2D eigenvalue weighted by atomic mass is 9.82. The van der Waals surface area contributed by atoms with E-state index in [-0.39, 0.29) is 52.5 Å². The molecule has 3 atom stereocenters. The van der Waals surface area contributed by atoms with Gasteiger partial charge in [0.15, 0.2) is 5.78 Å². The van der Waals surface area contributed by atoms with Crippen molar-refractivity contribution in [1.29, 1.82) is 0 Å². The van der Waals surface area contributed by atoms with Gasteiger partial charge in [-0.2, -0.15) is 0 Å². The minimum Gasteiger partial charge on any atom is -0.507 e. The first kappa shape index (κ1) is 18.6. The molecule has 2 aliphatic rings. The summed E-state index contributed by atoms with van der Waals surface area (Å²) in [7, 11) is 0. The van der Waals surface area contributed by atoms with Gasteiger partial charge in [-0.15, -0.1) is 0 Å². The van der Waals surface area contributed by atoms with E-state index in [2.05, 4.69) is 0 Å². The van der Waals surface area contributed by atoms with E-state index >= 15 is 0 Å². The van der Waals surface area contributed by atoms with E-state index in [1.54, 1.807) is 6.07 Å². The van der Waals surface area contributed by atoms with Crippen LogP contribution in [-0.2, 0) is 11.3 Å². The number of fused-ring (bicyclic) bond motifs is 2. The van der Waals surface area contributed by atoms with Crippen LogP contribution >= 0.6 is 0 Å². The summed E-state index contributed by atoms with van der Waals surface area (Å²) in [6, 6.07) is 6.91. The molecule has 1 fully saturated rings. The normalized spacial score (nSPS) is 24.0. The molecule has 0 saturated heterocycles. The van der Waals surface area contributed by atoms with Gasteiger partial charge in [-0.1, -0.05) is 12.1 Å². The summed E-state index contributed by atoms with van der Waals surface area (Å²) in [5, 5.41) is 30.1. The van der Waals surface area contributed by atoms with E-state index < -0.39 is 17.7 Å². The number of carbonyl (C=O) groups excluding carboxylic acids is 2. The summed E-state index contributed by atoms with van der Waals surface area (Å²) in [4.78, 5) is 25.6. The van der Waals surface area contributed by atoms with Gasteiger partial charge in [0, 0.05) is 17.2 Å². The highest BCUT2D eigenvalue weighted by atomic mass is 16.5. The first-order chi connectivity index (χ1) is 13.4. The van der Waals surface area contributed by atoms with Crippen molar-refractivity contribution in [3.05, 3.63) is 58.1 Å². The second-order valence-corrected chi connectivity index (χ2v) is 7.37. The summed E-state index contributed by atoms with van der Waals surface area (Å²) in [6.07, 6.45) is 1.13. The Labute approximate surface area is 161 Å². The van der Waals surface area contributed by atoms with E-state index in [0.29, 0.717) is 24.8 Å². The molecule has 7 nitrogen and oxygen atoms in total. The first-order valence-corrected chi connectivity index (χ1v) is 9.19. The number of aliphatic hydroxyl groups excluding tert-OH is 1. The summed E-state index contributed by atoms with van der Waals surface area (Å²) in [5.41, 5.74) is 6.44. The van der Waals surface area contributed by atoms with Crippen molar-refractivity contribution in [1.82, 2.24) is 0 Å². The third kappa shape index (κ3) is 3.07. The highest BCUT2D eigenvalue weighted by molar-refractivity contribution is 6.30. The van der Waals surface area contributed by atoms with Crippen molar-refractivity contribution in [2.75, 3.05) is 0 Å². The van der Waals surface area contributed by atoms with Gasteiger partial charge >= 0.3 is 0 Å². The lowest BCUT2D eigenvalue weighted by Crippen LogP contribution is -2.42. The van der Waals surface area contributed by atoms with Gasteiger partial charge in [0.25, 0.3) is 0 Å². The molecule has 0 aromatic heterocycles. The second kappa shape index (κ2) is 7.01. The molecular weight excluding hydrogens is 362 g/mol. The van der Waals surface area contributed by atoms with Gasteiger partial charge in [0.1, 0.15) is 11.5 Å². The SMILES string of the molecule is N[C@@H]1C[C@H](OCc2cc(O)c3c(c2)C(=O)c2cccc(O)c2C3=O)CC[C@H]1O. The van der Waals surface area contributed by atoms with Crippen LogP contribution in [0.5, 0.6) is 11.5 Å². The summed E-state index contributed by atoms with van der Waals surface area (Å²) < 4.78 is 5.85. The van der Waals surface area contributed by atoms with E-state index in [4.69, 9.17) is 10.5 Å². The number of ether oxygens (including phenoxy) is 1. The zero-order valence-electron chi connectivity index (χ0n) is 15.1. The van der Waals surface area contributed by atoms with Crippen molar-refractivity contribution >= 4 is 11.6 Å². The maximum absolute atomic E-state index is 12.8. The van der Waals surface area contributed by atoms with Crippen molar-refractivity contribution < 1.29 is 29.6 Å². The largest absolute Gasteiger partial charge is 0.507 e. The van der Waals surface area contributed by atoms with Gasteiger partial charge in [-0.3, -0.25) is 9.59 Å². The molecular formula is C21H21NO6. The zero-order valence-corrected chi connectivity index (χ0v) is 15.1. The third-order valence-electron chi connectivity index (χ3n) is 5.46. The first-order valence-electron chi connectivity index (χ1n) is 9.19. The fourth-order valence-electron chi connectivity index (χ4n) is 3.94. The van der Waals surface area contributed by atoms with Crippen LogP contribution in [0.1, 0.15) is 56.7 Å². The molecule has 7 heteroatoms. The Morgan fingerprint density at radius 3 is 2.50 bits per heavy atom. The van der Waals surface area contributed by atoms with E-state index in [9.17, 15) is 24.9 Å². The molecule has 0 amide bonds. The summed E-state index contributed by atoms with van der Waals surface area (Å²) in [6.45, 7) is 0.142. The van der Waals surface area contributed by atoms with Crippen LogP contribution in [0.4, 0.5) is 0 Å². The molecule has 146 valence electrons. The number of nitrogens with two attached hydrogens (primary N) is 1. The van der Waals surface area contributed by atoms with Crippen LogP contribution in [0.25, 0.3) is 0 Å². The number of benzene rings is 2. The maximum Gasteiger partial charge on any atom is 0.201 e. The van der Waals surface area contributed by atoms with Gasteiger partial charge in [0.2, 0.25) is 5.78 Å². The van der Waals surface area contributed by atoms with Crippen molar-refractivity contribution in [2.24, 2.45) is 5.73 Å². The molecule has 4 rings (SSSR count). The number of hydrogen-bond donors (Lipinski definition) is 4. The average Bonchev–Trinajstić information content (AvgIpc) is 2.66. The van der Waals surface area contributed by atoms with E-state index in [0.717, 1.165) is 0 Å². The molecule has 0 bridgehead atoms. The fraction of sp³-hybridized carbons (Fsp3) is 0.333. The van der Waals surface area contributed by atoms with Crippen molar-refractivity contribution in [2.45, 2.75) is 44.1 Å². The van der Waals surface area contributed by atoms with Crippen LogP contribution in [0.15, 0.2) is 30.3 Å². The van der Waals surface area contributed by atoms with Crippen molar-refractivity contribution in [3.63, 3.8) is 0 Å². The van der Waals surface area contributed by atoms with Gasteiger partial charge in [-0.05, 0) is 43.0 Å². The van der Waals surface area contributed by atoms with Crippen LogP contribution in [0.2, 0.25) is 0 Å². The number of aromatic hydroxyl groups is 2. The average molecular weight is 383 g/mol. The molecule has 2 aromatic carbocycles. The zero-order chi connectivity index (χ0) is 20.0. The molecule has 1 saturated carbocycles. The quantitative estimate of drug-likeness (QED) is 0.541. The Balaban J connectivity index is 1.60. The summed E-state index contributed by atoms with van der Waals surface area (Å²) in [5.74, 6) is -1.62. The minimum absolute atomic E-state index is 0.0888. The van der Waals surface area contributed by atoms with E-state index in [1.807, 2.05) is 0 Å². The van der Waals surface area contributed by atoms with E-state index in [1.165, 1.54) is 24.3 Å². The maximum atomic E-state index is 12.8. The number of carbonyl (C=O) groups is 2. The highest BCUT2D eigenvalue weighted by Gasteiger charge is 2.34. The number of ketones is 2. The van der Waals surface area contributed by atoms with Crippen LogP contribution in [-0.4, -0.2) is 45.1 Å². The predicted molar refractivity (Wildman–Crippen MR) is 99.5 cm³/mol. The third-order valence-corrected chi connectivity index (χ3v) is 5.46. The van der Waals surface area contributed by atoms with Gasteiger partial charge in [-0.25, -0.2) is 0 Å².